The number of alkyl halides is 3. The number of hydrogen-bond donors (Lipinski definition) is 1. The second kappa shape index (κ2) is 4.82. The number of nitrogens with zero attached hydrogens (tertiary/aromatic N) is 1. The molecule has 0 radical (unpaired) electrons. The lowest BCUT2D eigenvalue weighted by Gasteiger charge is -2.39. The average molecular weight is 282 g/mol. The second-order valence-electron chi connectivity index (χ2n) is 5.24. The van der Waals surface area contributed by atoms with Crippen molar-refractivity contribution in [2.75, 3.05) is 5.32 Å². The molecule has 0 heterocycles. The lowest BCUT2D eigenvalue weighted by molar-refractivity contribution is -0.137. The highest BCUT2D eigenvalue weighted by atomic mass is 19.4. The molecule has 6 heteroatoms. The topological polar surface area (TPSA) is 52.9 Å². The molecule has 0 saturated heterocycles. The molecule has 1 aromatic carbocycles. The summed E-state index contributed by atoms with van der Waals surface area (Å²) in [5, 5.41) is 11.6. The molecule has 0 bridgehead atoms. The van der Waals surface area contributed by atoms with Gasteiger partial charge < -0.3 is 5.32 Å². The quantitative estimate of drug-likeness (QED) is 0.901. The average Bonchev–Trinajstić information content (AvgIpc) is 2.34. The van der Waals surface area contributed by atoms with Gasteiger partial charge in [-0.25, -0.2) is 0 Å². The van der Waals surface area contributed by atoms with Gasteiger partial charge in [-0.3, -0.25) is 4.79 Å². The van der Waals surface area contributed by atoms with E-state index in [1.807, 2.05) is 13.0 Å². The van der Waals surface area contributed by atoms with E-state index in [4.69, 9.17) is 5.26 Å². The lowest BCUT2D eigenvalue weighted by Crippen LogP contribution is -2.45. The fourth-order valence-corrected chi connectivity index (χ4v) is 2.45. The zero-order chi connectivity index (χ0) is 15.0. The van der Waals surface area contributed by atoms with Crippen LogP contribution in [0, 0.1) is 22.7 Å². The molecule has 1 N–H and O–H groups in total. The zero-order valence-corrected chi connectivity index (χ0v) is 10.8. The van der Waals surface area contributed by atoms with Crippen molar-refractivity contribution in [1.29, 1.82) is 5.26 Å². The van der Waals surface area contributed by atoms with Crippen LogP contribution in [0.15, 0.2) is 24.3 Å². The molecule has 3 nitrogen and oxygen atoms in total. The molecule has 0 aliphatic heterocycles. The molecule has 1 saturated carbocycles. The van der Waals surface area contributed by atoms with Crippen molar-refractivity contribution in [3.8, 4) is 6.07 Å². The SMILES string of the molecule is CC1CC(C#N)(C(=O)Nc2ccc(C(F)(F)F)cc2)C1. The number of nitriles is 1. The Morgan fingerprint density at radius 1 is 1.35 bits per heavy atom. The Morgan fingerprint density at radius 2 is 1.90 bits per heavy atom. The fourth-order valence-electron chi connectivity index (χ4n) is 2.45. The van der Waals surface area contributed by atoms with Crippen LogP contribution < -0.4 is 5.32 Å². The van der Waals surface area contributed by atoms with E-state index in [0.29, 0.717) is 18.8 Å². The fraction of sp³-hybridized carbons (Fsp3) is 0.429. The van der Waals surface area contributed by atoms with Gasteiger partial charge in [0, 0.05) is 5.69 Å². The maximum Gasteiger partial charge on any atom is 0.416 e. The number of amides is 1. The number of hydrogen-bond acceptors (Lipinski definition) is 2. The molecule has 1 aliphatic rings. The third-order valence-electron chi connectivity index (χ3n) is 3.51. The summed E-state index contributed by atoms with van der Waals surface area (Å²) in [5.74, 6) is -0.133. The second-order valence-corrected chi connectivity index (χ2v) is 5.24. The summed E-state index contributed by atoms with van der Waals surface area (Å²) in [6, 6.07) is 6.19. The molecular weight excluding hydrogens is 269 g/mol. The van der Waals surface area contributed by atoms with Gasteiger partial charge in [0.1, 0.15) is 5.41 Å². The Kier molecular flexibility index (Phi) is 3.46. The first-order valence-electron chi connectivity index (χ1n) is 6.17. The molecule has 0 atom stereocenters. The monoisotopic (exact) mass is 282 g/mol. The van der Waals surface area contributed by atoms with Crippen molar-refractivity contribution in [3.05, 3.63) is 29.8 Å². The molecule has 0 aromatic heterocycles. The van der Waals surface area contributed by atoms with Crippen LogP contribution in [0.1, 0.15) is 25.3 Å². The molecule has 2 rings (SSSR count). The van der Waals surface area contributed by atoms with Crippen LogP contribution in [-0.2, 0) is 11.0 Å². The summed E-state index contributed by atoms with van der Waals surface area (Å²) in [5.41, 5.74) is -1.55. The smallest absolute Gasteiger partial charge is 0.325 e. The van der Waals surface area contributed by atoms with Crippen molar-refractivity contribution in [2.24, 2.45) is 11.3 Å². The van der Waals surface area contributed by atoms with Crippen LogP contribution in [0.5, 0.6) is 0 Å². The van der Waals surface area contributed by atoms with E-state index in [2.05, 4.69) is 5.32 Å². The molecule has 1 aliphatic carbocycles. The highest BCUT2D eigenvalue weighted by Gasteiger charge is 2.48. The third-order valence-corrected chi connectivity index (χ3v) is 3.51. The zero-order valence-electron chi connectivity index (χ0n) is 10.8. The van der Waals surface area contributed by atoms with E-state index in [9.17, 15) is 18.0 Å². The highest BCUT2D eigenvalue weighted by Crippen LogP contribution is 2.45. The maximum atomic E-state index is 12.4. The van der Waals surface area contributed by atoms with Gasteiger partial charge in [-0.2, -0.15) is 18.4 Å². The summed E-state index contributed by atoms with van der Waals surface area (Å²) < 4.78 is 37.2. The van der Waals surface area contributed by atoms with Crippen molar-refractivity contribution in [1.82, 2.24) is 0 Å². The van der Waals surface area contributed by atoms with Crippen molar-refractivity contribution in [3.63, 3.8) is 0 Å². The van der Waals surface area contributed by atoms with Gasteiger partial charge in [0.05, 0.1) is 11.6 Å². The lowest BCUT2D eigenvalue weighted by atomic mass is 9.63. The first-order chi connectivity index (χ1) is 9.27. The van der Waals surface area contributed by atoms with Gasteiger partial charge >= 0.3 is 6.18 Å². The number of halogens is 3. The van der Waals surface area contributed by atoms with Crippen molar-refractivity contribution < 1.29 is 18.0 Å². The Labute approximate surface area is 114 Å². The summed E-state index contributed by atoms with van der Waals surface area (Å²) in [6.07, 6.45) is -3.44. The van der Waals surface area contributed by atoms with Crippen LogP contribution in [0.3, 0.4) is 0 Å². The molecule has 0 unspecified atom stereocenters. The minimum Gasteiger partial charge on any atom is -0.325 e. The van der Waals surface area contributed by atoms with Gasteiger partial charge in [0.2, 0.25) is 5.91 Å². The Morgan fingerprint density at radius 3 is 2.30 bits per heavy atom. The molecule has 106 valence electrons. The number of benzene rings is 1. The van der Waals surface area contributed by atoms with Crippen LogP contribution in [0.4, 0.5) is 18.9 Å². The van der Waals surface area contributed by atoms with E-state index in [1.165, 1.54) is 12.1 Å². The van der Waals surface area contributed by atoms with E-state index in [1.54, 1.807) is 0 Å². The number of carbonyl (C=O) groups is 1. The first kappa shape index (κ1) is 14.4. The maximum absolute atomic E-state index is 12.4. The number of carbonyl (C=O) groups excluding carboxylic acids is 1. The normalized spacial score (nSPS) is 25.4. The summed E-state index contributed by atoms with van der Waals surface area (Å²) in [6.45, 7) is 1.95. The predicted molar refractivity (Wildman–Crippen MR) is 66.5 cm³/mol. The predicted octanol–water partition coefficient (Wildman–Crippen LogP) is 3.58. The Hall–Kier alpha value is -2.03. The van der Waals surface area contributed by atoms with Crippen LogP contribution >= 0.6 is 0 Å². The van der Waals surface area contributed by atoms with Gasteiger partial charge in [0.15, 0.2) is 0 Å². The molecule has 0 spiro atoms. The van der Waals surface area contributed by atoms with Gasteiger partial charge in [-0.05, 0) is 43.0 Å². The summed E-state index contributed by atoms with van der Waals surface area (Å²) in [4.78, 5) is 12.0. The van der Waals surface area contributed by atoms with Crippen LogP contribution in [0.2, 0.25) is 0 Å². The van der Waals surface area contributed by atoms with Gasteiger partial charge in [0.25, 0.3) is 0 Å². The summed E-state index contributed by atoms with van der Waals surface area (Å²) >= 11 is 0. The van der Waals surface area contributed by atoms with E-state index < -0.39 is 23.1 Å². The third kappa shape index (κ3) is 2.62. The standard InChI is InChI=1S/C14H13F3N2O/c1-9-6-13(7-9,8-18)12(20)19-11-4-2-10(3-5-11)14(15,16)17/h2-5,9H,6-7H2,1H3,(H,19,20). The first-order valence-corrected chi connectivity index (χ1v) is 6.17. The number of nitrogens with one attached hydrogen (secondary N) is 1. The van der Waals surface area contributed by atoms with E-state index in [0.717, 1.165) is 12.1 Å². The molecule has 1 amide bonds. The van der Waals surface area contributed by atoms with E-state index >= 15 is 0 Å². The molecule has 20 heavy (non-hydrogen) atoms. The van der Waals surface area contributed by atoms with Crippen LogP contribution in [-0.4, -0.2) is 5.91 Å². The van der Waals surface area contributed by atoms with Gasteiger partial charge in [-0.15, -0.1) is 0 Å². The number of anilines is 1. The number of rotatable bonds is 2. The van der Waals surface area contributed by atoms with Gasteiger partial charge in [-0.1, -0.05) is 6.92 Å². The van der Waals surface area contributed by atoms with Crippen LogP contribution in [0.25, 0.3) is 0 Å². The Bertz CT molecular complexity index is 551. The van der Waals surface area contributed by atoms with Crippen molar-refractivity contribution >= 4 is 11.6 Å². The molecule has 1 fully saturated rings. The molecule has 1 aromatic rings. The van der Waals surface area contributed by atoms with E-state index in [-0.39, 0.29) is 5.69 Å². The molecular formula is C14H13F3N2O. The van der Waals surface area contributed by atoms with Crippen molar-refractivity contribution in [2.45, 2.75) is 25.9 Å². The highest BCUT2D eigenvalue weighted by molar-refractivity contribution is 5.97. The Balaban J connectivity index is 2.08. The minimum atomic E-state index is -4.40. The minimum absolute atomic E-state index is 0.261. The largest absolute Gasteiger partial charge is 0.416 e. The summed E-state index contributed by atoms with van der Waals surface area (Å²) in [7, 11) is 0.